The van der Waals surface area contributed by atoms with Crippen molar-refractivity contribution in [2.45, 2.75) is 21.2 Å². The number of sulfone groups is 1. The molecular formula is C25H21NO3S. The van der Waals surface area contributed by atoms with Gasteiger partial charge in [0.05, 0.1) is 23.0 Å². The lowest BCUT2D eigenvalue weighted by atomic mass is 9.69. The number of rotatable bonds is 5. The minimum Gasteiger partial charge on any atom is -0.369 e. The molecule has 30 heavy (non-hydrogen) atoms. The topological polar surface area (TPSA) is 67.2 Å². The van der Waals surface area contributed by atoms with E-state index in [1.165, 1.54) is 12.1 Å². The van der Waals surface area contributed by atoms with Gasteiger partial charge in [0.1, 0.15) is 6.10 Å². The Morgan fingerprint density at radius 2 is 1.47 bits per heavy atom. The lowest BCUT2D eigenvalue weighted by Gasteiger charge is -2.39. The molecule has 4 nitrogen and oxygen atoms in total. The summed E-state index contributed by atoms with van der Waals surface area (Å²) < 4.78 is 32.5. The smallest absolute Gasteiger partial charge is 0.208 e. The number of nitrogens with zero attached hydrogens (tertiary/aromatic N) is 1. The predicted octanol–water partition coefficient (Wildman–Crippen LogP) is 4.62. The summed E-state index contributed by atoms with van der Waals surface area (Å²) in [7, 11) is -4.17. The molecule has 1 saturated heterocycles. The summed E-state index contributed by atoms with van der Waals surface area (Å²) in [6.07, 6.45) is 0.585. The van der Waals surface area contributed by atoms with Gasteiger partial charge in [0.25, 0.3) is 0 Å². The van der Waals surface area contributed by atoms with Crippen molar-refractivity contribution in [2.24, 2.45) is 0 Å². The van der Waals surface area contributed by atoms with Crippen LogP contribution >= 0.6 is 0 Å². The van der Waals surface area contributed by atoms with Gasteiger partial charge in [0, 0.05) is 0 Å². The third kappa shape index (κ3) is 2.65. The van der Waals surface area contributed by atoms with Crippen molar-refractivity contribution in [3.63, 3.8) is 0 Å². The molecule has 1 aliphatic rings. The van der Waals surface area contributed by atoms with Crippen LogP contribution in [0.5, 0.6) is 0 Å². The average Bonchev–Trinajstić information content (AvgIpc) is 3.17. The second kappa shape index (κ2) is 7.56. The van der Waals surface area contributed by atoms with E-state index in [0.29, 0.717) is 11.1 Å². The van der Waals surface area contributed by atoms with E-state index in [9.17, 15) is 13.7 Å². The molecule has 0 aromatic heterocycles. The van der Waals surface area contributed by atoms with Crippen LogP contribution in [0.15, 0.2) is 109 Å². The Labute approximate surface area is 177 Å². The summed E-state index contributed by atoms with van der Waals surface area (Å²) in [6.45, 7) is 4.00. The zero-order valence-corrected chi connectivity index (χ0v) is 17.1. The van der Waals surface area contributed by atoms with Crippen LogP contribution in [0.1, 0.15) is 17.2 Å². The molecule has 1 fully saturated rings. The summed E-state index contributed by atoms with van der Waals surface area (Å²) in [5.74, 6) is 0. The molecule has 3 aromatic rings. The number of hydrogen-bond acceptors (Lipinski definition) is 4. The summed E-state index contributed by atoms with van der Waals surface area (Å²) in [5, 5.41) is 10.6. The van der Waals surface area contributed by atoms with Crippen molar-refractivity contribution in [3.8, 4) is 6.07 Å². The third-order valence-corrected chi connectivity index (χ3v) is 8.30. The zero-order chi connectivity index (χ0) is 21.2. The fourth-order valence-corrected chi connectivity index (χ4v) is 6.61. The van der Waals surface area contributed by atoms with Crippen LogP contribution in [0.25, 0.3) is 0 Å². The van der Waals surface area contributed by atoms with Crippen LogP contribution in [0, 0.1) is 11.3 Å². The molecule has 3 atom stereocenters. The number of nitriles is 1. The first-order valence-corrected chi connectivity index (χ1v) is 11.1. The highest BCUT2D eigenvalue weighted by atomic mass is 32.2. The van der Waals surface area contributed by atoms with E-state index in [1.807, 2.05) is 48.5 Å². The molecule has 0 unspecified atom stereocenters. The quantitative estimate of drug-likeness (QED) is 0.571. The molecule has 0 amide bonds. The summed E-state index contributed by atoms with van der Waals surface area (Å²) in [5.41, 5.74) is 0.0655. The first-order chi connectivity index (χ1) is 14.5. The van der Waals surface area contributed by atoms with Crippen LogP contribution in [-0.4, -0.2) is 19.8 Å². The van der Waals surface area contributed by atoms with Gasteiger partial charge in [-0.25, -0.2) is 8.42 Å². The second-order valence-corrected chi connectivity index (χ2v) is 9.43. The number of hydrogen-bond donors (Lipinski definition) is 0. The molecule has 0 N–H and O–H groups in total. The predicted molar refractivity (Wildman–Crippen MR) is 115 cm³/mol. The van der Waals surface area contributed by atoms with E-state index in [0.717, 1.165) is 0 Å². The number of benzene rings is 3. The van der Waals surface area contributed by atoms with E-state index in [2.05, 4.69) is 12.6 Å². The molecule has 0 radical (unpaired) electrons. The van der Waals surface area contributed by atoms with Gasteiger partial charge in [-0.1, -0.05) is 84.9 Å². The molecule has 1 aliphatic heterocycles. The molecule has 5 heteroatoms. The van der Waals surface area contributed by atoms with Crippen molar-refractivity contribution in [1.82, 2.24) is 0 Å². The highest BCUT2D eigenvalue weighted by molar-refractivity contribution is 7.93. The van der Waals surface area contributed by atoms with Crippen molar-refractivity contribution in [2.75, 3.05) is 6.61 Å². The van der Waals surface area contributed by atoms with Crippen LogP contribution in [0.4, 0.5) is 0 Å². The van der Waals surface area contributed by atoms with Crippen LogP contribution in [0.3, 0.4) is 0 Å². The maximum absolute atomic E-state index is 14.2. The molecule has 0 aliphatic carbocycles. The van der Waals surface area contributed by atoms with E-state index >= 15 is 0 Å². The Morgan fingerprint density at radius 1 is 0.933 bits per heavy atom. The van der Waals surface area contributed by atoms with Crippen molar-refractivity contribution >= 4 is 9.84 Å². The van der Waals surface area contributed by atoms with Gasteiger partial charge in [-0.3, -0.25) is 0 Å². The van der Waals surface area contributed by atoms with Gasteiger partial charge < -0.3 is 4.74 Å². The molecular weight excluding hydrogens is 394 g/mol. The van der Waals surface area contributed by atoms with Gasteiger partial charge in [-0.05, 0) is 23.3 Å². The van der Waals surface area contributed by atoms with E-state index < -0.39 is 26.1 Å². The third-order valence-electron chi connectivity index (χ3n) is 5.89. The SMILES string of the molecule is C=C[C@@]1(c2ccccc2)CO[C@H](c2ccccc2)[C@@]1(C#N)S(=O)(=O)c1ccccc1. The monoisotopic (exact) mass is 415 g/mol. The standard InChI is InChI=1S/C25H21NO3S/c1-2-24(21-14-8-4-9-15-21)19-29-23(20-12-6-3-7-13-20)25(24,18-26)30(27,28)22-16-10-5-11-17-22/h2-17,23H,1,19H2/t23-,24+,25-/m1/s1. The Morgan fingerprint density at radius 3 is 2.00 bits per heavy atom. The summed E-state index contributed by atoms with van der Waals surface area (Å²) in [4.78, 5) is 0.0835. The van der Waals surface area contributed by atoms with Crippen LogP contribution < -0.4 is 0 Å². The van der Waals surface area contributed by atoms with Crippen molar-refractivity contribution < 1.29 is 13.2 Å². The molecule has 0 spiro atoms. The largest absolute Gasteiger partial charge is 0.369 e. The van der Waals surface area contributed by atoms with Gasteiger partial charge in [-0.15, -0.1) is 6.58 Å². The van der Waals surface area contributed by atoms with Crippen LogP contribution in [0.2, 0.25) is 0 Å². The maximum Gasteiger partial charge on any atom is 0.208 e. The molecule has 0 bridgehead atoms. The fourth-order valence-electron chi connectivity index (χ4n) is 4.38. The van der Waals surface area contributed by atoms with Gasteiger partial charge in [0.2, 0.25) is 14.6 Å². The number of ether oxygens (including phenoxy) is 1. The van der Waals surface area contributed by atoms with Crippen LogP contribution in [-0.2, 0) is 20.0 Å². The molecule has 3 aromatic carbocycles. The van der Waals surface area contributed by atoms with E-state index in [-0.39, 0.29) is 11.5 Å². The normalized spacial score (nSPS) is 26.0. The zero-order valence-electron chi connectivity index (χ0n) is 16.3. The van der Waals surface area contributed by atoms with E-state index in [4.69, 9.17) is 4.74 Å². The second-order valence-electron chi connectivity index (χ2n) is 7.31. The van der Waals surface area contributed by atoms with Gasteiger partial charge in [-0.2, -0.15) is 5.26 Å². The molecule has 4 rings (SSSR count). The van der Waals surface area contributed by atoms with Crippen molar-refractivity contribution in [1.29, 1.82) is 5.26 Å². The minimum atomic E-state index is -4.17. The highest BCUT2D eigenvalue weighted by Crippen LogP contribution is 2.57. The Bertz CT molecular complexity index is 1190. The van der Waals surface area contributed by atoms with E-state index in [1.54, 1.807) is 36.4 Å². The Balaban J connectivity index is 2.08. The molecule has 0 saturated carbocycles. The molecule has 150 valence electrons. The minimum absolute atomic E-state index is 0.0275. The fraction of sp³-hybridized carbons (Fsp3) is 0.160. The highest BCUT2D eigenvalue weighted by Gasteiger charge is 2.69. The maximum atomic E-state index is 14.2. The summed E-state index contributed by atoms with van der Waals surface area (Å²) in [6, 6.07) is 28.5. The lowest BCUT2D eigenvalue weighted by molar-refractivity contribution is 0.102. The first-order valence-electron chi connectivity index (χ1n) is 9.60. The summed E-state index contributed by atoms with van der Waals surface area (Å²) >= 11 is 0. The Hall–Kier alpha value is -3.20. The van der Waals surface area contributed by atoms with Gasteiger partial charge >= 0.3 is 0 Å². The van der Waals surface area contributed by atoms with Gasteiger partial charge in [0.15, 0.2) is 0 Å². The first kappa shape index (κ1) is 20.1. The lowest BCUT2D eigenvalue weighted by Crippen LogP contribution is -2.55. The van der Waals surface area contributed by atoms with Crippen molar-refractivity contribution in [3.05, 3.63) is 115 Å². The Kier molecular flexibility index (Phi) is 5.07. The molecule has 1 heterocycles. The average molecular weight is 416 g/mol.